The van der Waals surface area contributed by atoms with E-state index in [9.17, 15) is 9.59 Å². The van der Waals surface area contributed by atoms with Crippen molar-refractivity contribution in [3.8, 4) is 0 Å². The Balaban J connectivity index is 2.12. The summed E-state index contributed by atoms with van der Waals surface area (Å²) < 4.78 is 0. The molecule has 0 bridgehead atoms. The van der Waals surface area contributed by atoms with Crippen LogP contribution in [-0.4, -0.2) is 35.8 Å². The maximum atomic E-state index is 12.9. The molecular weight excluding hydrogens is 324 g/mol. The van der Waals surface area contributed by atoms with Crippen molar-refractivity contribution in [1.29, 1.82) is 0 Å². The first-order chi connectivity index (χ1) is 12.5. The Bertz CT molecular complexity index is 728. The predicted octanol–water partition coefficient (Wildman–Crippen LogP) is 3.13. The lowest BCUT2D eigenvalue weighted by Crippen LogP contribution is -2.49. The zero-order valence-electron chi connectivity index (χ0n) is 15.9. The van der Waals surface area contributed by atoms with Crippen LogP contribution in [0.25, 0.3) is 0 Å². The number of benzene rings is 2. The van der Waals surface area contributed by atoms with Crippen LogP contribution < -0.4 is 5.32 Å². The van der Waals surface area contributed by atoms with E-state index in [1.165, 1.54) is 0 Å². The molecule has 0 aliphatic carbocycles. The van der Waals surface area contributed by atoms with E-state index >= 15 is 0 Å². The minimum absolute atomic E-state index is 0.0229. The molecule has 0 spiro atoms. The van der Waals surface area contributed by atoms with E-state index in [-0.39, 0.29) is 11.8 Å². The van der Waals surface area contributed by atoms with Crippen LogP contribution in [0.2, 0.25) is 0 Å². The van der Waals surface area contributed by atoms with Gasteiger partial charge in [-0.05, 0) is 38.3 Å². The molecule has 2 amide bonds. The summed E-state index contributed by atoms with van der Waals surface area (Å²) in [6, 6.07) is 17.5. The highest BCUT2D eigenvalue weighted by molar-refractivity contribution is 5.88. The first-order valence-electron chi connectivity index (χ1n) is 9.18. The lowest BCUT2D eigenvalue weighted by molar-refractivity contribution is -0.139. The number of amides is 2. The highest BCUT2D eigenvalue weighted by Gasteiger charge is 2.25. The van der Waals surface area contributed by atoms with Gasteiger partial charge in [0, 0.05) is 13.1 Å². The molecule has 0 radical (unpaired) electrons. The van der Waals surface area contributed by atoms with Crippen molar-refractivity contribution < 1.29 is 9.59 Å². The summed E-state index contributed by atoms with van der Waals surface area (Å²) in [6.45, 7) is 6.77. The molecule has 2 aromatic rings. The number of carbonyl (C=O) groups excluding carboxylic acids is 2. The average Bonchev–Trinajstić information content (AvgIpc) is 2.62. The molecule has 0 aliphatic rings. The van der Waals surface area contributed by atoms with Gasteiger partial charge in [0.1, 0.15) is 6.04 Å². The Hall–Kier alpha value is -2.62. The minimum Gasteiger partial charge on any atom is -0.355 e. The van der Waals surface area contributed by atoms with Crippen molar-refractivity contribution in [2.45, 2.75) is 39.7 Å². The Morgan fingerprint density at radius 1 is 1.04 bits per heavy atom. The molecule has 2 aromatic carbocycles. The second-order valence-corrected chi connectivity index (χ2v) is 6.56. The second kappa shape index (κ2) is 9.76. The van der Waals surface area contributed by atoms with Gasteiger partial charge in [-0.25, -0.2) is 0 Å². The fraction of sp³-hybridized carbons (Fsp3) is 0.364. The Morgan fingerprint density at radius 3 is 2.38 bits per heavy atom. The van der Waals surface area contributed by atoms with Crippen molar-refractivity contribution in [3.63, 3.8) is 0 Å². The molecule has 1 atom stereocenters. The van der Waals surface area contributed by atoms with E-state index in [2.05, 4.69) is 5.32 Å². The van der Waals surface area contributed by atoms with Gasteiger partial charge in [0.25, 0.3) is 0 Å². The van der Waals surface area contributed by atoms with E-state index in [1.54, 1.807) is 11.8 Å². The van der Waals surface area contributed by atoms with Gasteiger partial charge in [0.05, 0.1) is 6.42 Å². The first kappa shape index (κ1) is 19.7. The van der Waals surface area contributed by atoms with Gasteiger partial charge in [-0.1, -0.05) is 60.2 Å². The number of rotatable bonds is 8. The Kier molecular flexibility index (Phi) is 7.39. The van der Waals surface area contributed by atoms with Gasteiger partial charge in [-0.15, -0.1) is 0 Å². The molecule has 0 aliphatic heterocycles. The van der Waals surface area contributed by atoms with Gasteiger partial charge >= 0.3 is 0 Å². The molecule has 0 saturated carbocycles. The molecule has 0 saturated heterocycles. The predicted molar refractivity (Wildman–Crippen MR) is 105 cm³/mol. The maximum absolute atomic E-state index is 12.9. The summed E-state index contributed by atoms with van der Waals surface area (Å²) >= 11 is 0. The van der Waals surface area contributed by atoms with E-state index < -0.39 is 6.04 Å². The lowest BCUT2D eigenvalue weighted by atomic mass is 10.1. The Morgan fingerprint density at radius 2 is 1.73 bits per heavy atom. The first-order valence-corrected chi connectivity index (χ1v) is 9.18. The van der Waals surface area contributed by atoms with Crippen LogP contribution >= 0.6 is 0 Å². The van der Waals surface area contributed by atoms with Crippen molar-refractivity contribution >= 4 is 11.8 Å². The highest BCUT2D eigenvalue weighted by Crippen LogP contribution is 2.11. The van der Waals surface area contributed by atoms with E-state index in [4.69, 9.17) is 0 Å². The topological polar surface area (TPSA) is 49.4 Å². The van der Waals surface area contributed by atoms with Crippen LogP contribution in [0, 0.1) is 6.92 Å². The van der Waals surface area contributed by atoms with Crippen LogP contribution in [0.5, 0.6) is 0 Å². The van der Waals surface area contributed by atoms with Crippen molar-refractivity contribution in [3.05, 3.63) is 71.3 Å². The number of hydrogen-bond donors (Lipinski definition) is 1. The molecular formula is C22H28N2O2. The minimum atomic E-state index is -0.490. The second-order valence-electron chi connectivity index (χ2n) is 6.56. The van der Waals surface area contributed by atoms with Crippen LogP contribution in [0.4, 0.5) is 0 Å². The average molecular weight is 352 g/mol. The molecule has 4 nitrogen and oxygen atoms in total. The smallest absolute Gasteiger partial charge is 0.242 e. The van der Waals surface area contributed by atoms with Crippen LogP contribution in [-0.2, 0) is 22.4 Å². The van der Waals surface area contributed by atoms with Gasteiger partial charge in [-0.2, -0.15) is 0 Å². The summed E-state index contributed by atoms with van der Waals surface area (Å²) in [5, 5.41) is 2.82. The van der Waals surface area contributed by atoms with Crippen LogP contribution in [0.1, 0.15) is 30.5 Å². The van der Waals surface area contributed by atoms with Crippen LogP contribution in [0.15, 0.2) is 54.6 Å². The summed E-state index contributed by atoms with van der Waals surface area (Å²) in [5.41, 5.74) is 3.26. The third-order valence-corrected chi connectivity index (χ3v) is 4.44. The normalized spacial score (nSPS) is 11.7. The van der Waals surface area contributed by atoms with Crippen molar-refractivity contribution in [2.24, 2.45) is 0 Å². The van der Waals surface area contributed by atoms with E-state index in [0.29, 0.717) is 19.5 Å². The molecule has 1 unspecified atom stereocenters. The van der Waals surface area contributed by atoms with Gasteiger partial charge < -0.3 is 10.2 Å². The van der Waals surface area contributed by atoms with Crippen molar-refractivity contribution in [2.75, 3.05) is 13.1 Å². The number of aryl methyl sites for hydroxylation is 1. The maximum Gasteiger partial charge on any atom is 0.242 e. The summed E-state index contributed by atoms with van der Waals surface area (Å²) in [7, 11) is 0. The third kappa shape index (κ3) is 5.73. The fourth-order valence-corrected chi connectivity index (χ4v) is 2.99. The fourth-order valence-electron chi connectivity index (χ4n) is 2.99. The zero-order valence-corrected chi connectivity index (χ0v) is 15.9. The highest BCUT2D eigenvalue weighted by atomic mass is 16.2. The molecule has 2 rings (SSSR count). The molecule has 0 fully saturated rings. The van der Waals surface area contributed by atoms with E-state index in [0.717, 1.165) is 23.1 Å². The van der Waals surface area contributed by atoms with Gasteiger partial charge in [0.2, 0.25) is 11.8 Å². The number of nitrogens with one attached hydrogen (secondary N) is 1. The molecule has 1 N–H and O–H groups in total. The largest absolute Gasteiger partial charge is 0.355 e. The molecule has 4 heteroatoms. The molecule has 26 heavy (non-hydrogen) atoms. The molecule has 0 heterocycles. The van der Waals surface area contributed by atoms with Crippen LogP contribution in [0.3, 0.4) is 0 Å². The van der Waals surface area contributed by atoms with E-state index in [1.807, 2.05) is 68.4 Å². The summed E-state index contributed by atoms with van der Waals surface area (Å²) in [5.74, 6) is -0.136. The summed E-state index contributed by atoms with van der Waals surface area (Å²) in [4.78, 5) is 26.9. The van der Waals surface area contributed by atoms with Gasteiger partial charge in [-0.3, -0.25) is 9.59 Å². The molecule has 0 aromatic heterocycles. The number of carbonyl (C=O) groups is 2. The lowest BCUT2D eigenvalue weighted by Gasteiger charge is -2.28. The van der Waals surface area contributed by atoms with Crippen molar-refractivity contribution in [1.82, 2.24) is 10.2 Å². The zero-order chi connectivity index (χ0) is 18.9. The standard InChI is InChI=1S/C22H28N2O2/c1-4-23-22(26)18(3)24(14-13-19-10-6-5-7-11-19)21(25)16-20-12-8-9-17(2)15-20/h5-12,15,18H,4,13-14,16H2,1-3H3,(H,23,26). The third-order valence-electron chi connectivity index (χ3n) is 4.44. The monoisotopic (exact) mass is 352 g/mol. The Labute approximate surface area is 156 Å². The molecule has 138 valence electrons. The summed E-state index contributed by atoms with van der Waals surface area (Å²) in [6.07, 6.45) is 1.03. The quantitative estimate of drug-likeness (QED) is 0.793. The SMILES string of the molecule is CCNC(=O)C(C)N(CCc1ccccc1)C(=O)Cc1cccc(C)c1. The van der Waals surface area contributed by atoms with Gasteiger partial charge in [0.15, 0.2) is 0 Å². The number of nitrogens with zero attached hydrogens (tertiary/aromatic N) is 1. The number of hydrogen-bond acceptors (Lipinski definition) is 2. The number of likely N-dealkylation sites (N-methyl/N-ethyl adjacent to an activating group) is 1.